The van der Waals surface area contributed by atoms with Crippen LogP contribution in [-0.2, 0) is 22.6 Å². The fourth-order valence-corrected chi connectivity index (χ4v) is 2.29. The van der Waals surface area contributed by atoms with Crippen LogP contribution < -0.4 is 0 Å². The lowest BCUT2D eigenvalue weighted by atomic mass is 10.3. The molecule has 0 amide bonds. The zero-order valence-corrected chi connectivity index (χ0v) is 11.5. The molecule has 1 fully saturated rings. The number of nitrogens with zero attached hydrogens (tertiary/aromatic N) is 4. The summed E-state index contributed by atoms with van der Waals surface area (Å²) < 4.78 is 11.5. The number of esters is 1. The maximum Gasteiger partial charge on any atom is 0.360 e. The molecule has 0 spiro atoms. The van der Waals surface area contributed by atoms with Crippen molar-refractivity contribution >= 4 is 5.97 Å². The van der Waals surface area contributed by atoms with Crippen LogP contribution >= 0.6 is 0 Å². The smallest absolute Gasteiger partial charge is 0.360 e. The van der Waals surface area contributed by atoms with Crippen molar-refractivity contribution < 1.29 is 14.3 Å². The molecule has 0 bridgehead atoms. The zero-order chi connectivity index (χ0) is 13.7. The van der Waals surface area contributed by atoms with E-state index in [1.165, 1.54) is 20.0 Å². The average Bonchev–Trinajstić information content (AvgIpc) is 3.05. The van der Waals surface area contributed by atoms with Crippen molar-refractivity contribution in [2.75, 3.05) is 33.9 Å². The van der Waals surface area contributed by atoms with E-state index in [4.69, 9.17) is 9.47 Å². The molecule has 7 heteroatoms. The summed E-state index contributed by atoms with van der Waals surface area (Å²) in [5.74, 6) is -0.473. The van der Waals surface area contributed by atoms with Crippen LogP contribution in [0, 0.1) is 0 Å². The van der Waals surface area contributed by atoms with Crippen molar-refractivity contribution in [1.82, 2.24) is 19.9 Å². The Morgan fingerprint density at radius 1 is 1.26 bits per heavy atom. The van der Waals surface area contributed by atoms with E-state index in [1.54, 1.807) is 11.8 Å². The Morgan fingerprint density at radius 2 is 2.00 bits per heavy atom. The molecule has 106 valence electrons. The van der Waals surface area contributed by atoms with Gasteiger partial charge in [-0.2, -0.15) is 0 Å². The highest BCUT2D eigenvalue weighted by Crippen LogP contribution is 2.11. The Kier molecular flexibility index (Phi) is 4.86. The third-order valence-corrected chi connectivity index (χ3v) is 3.32. The predicted octanol–water partition coefficient (Wildman–Crippen LogP) is 0.307. The lowest BCUT2D eigenvalue weighted by Gasteiger charge is -2.15. The number of carbonyl (C=O) groups is 1. The molecule has 0 aliphatic carbocycles. The van der Waals surface area contributed by atoms with E-state index in [1.807, 2.05) is 0 Å². The lowest BCUT2D eigenvalue weighted by molar-refractivity contribution is 0.0588. The topological polar surface area (TPSA) is 69.5 Å². The second kappa shape index (κ2) is 6.63. The Balaban J connectivity index is 2.05. The Labute approximate surface area is 112 Å². The molecule has 1 aliphatic heterocycles. The van der Waals surface area contributed by atoms with E-state index in [9.17, 15) is 4.79 Å². The minimum Gasteiger partial charge on any atom is -0.464 e. The predicted molar refractivity (Wildman–Crippen MR) is 67.7 cm³/mol. The first-order valence-corrected chi connectivity index (χ1v) is 6.48. The molecule has 0 radical (unpaired) electrons. The Bertz CT molecular complexity index is 427. The van der Waals surface area contributed by atoms with Crippen molar-refractivity contribution in [3.05, 3.63) is 11.4 Å². The Morgan fingerprint density at radius 3 is 2.63 bits per heavy atom. The van der Waals surface area contributed by atoms with Gasteiger partial charge in [0, 0.05) is 13.7 Å². The monoisotopic (exact) mass is 268 g/mol. The first-order valence-electron chi connectivity index (χ1n) is 6.48. The number of rotatable bonds is 6. The van der Waals surface area contributed by atoms with Crippen molar-refractivity contribution in [1.29, 1.82) is 0 Å². The summed E-state index contributed by atoms with van der Waals surface area (Å²) in [6.07, 6.45) is 2.52. The van der Waals surface area contributed by atoms with Gasteiger partial charge in [0.25, 0.3) is 0 Å². The highest BCUT2D eigenvalue weighted by atomic mass is 16.5. The number of ether oxygens (including phenoxy) is 2. The third-order valence-electron chi connectivity index (χ3n) is 3.32. The van der Waals surface area contributed by atoms with E-state index >= 15 is 0 Å². The average molecular weight is 268 g/mol. The summed E-state index contributed by atoms with van der Waals surface area (Å²) in [4.78, 5) is 14.0. The molecule has 0 unspecified atom stereocenters. The van der Waals surface area contributed by atoms with E-state index in [0.29, 0.717) is 18.8 Å². The quantitative estimate of drug-likeness (QED) is 0.691. The first kappa shape index (κ1) is 14.0. The summed E-state index contributed by atoms with van der Waals surface area (Å²) >= 11 is 0. The van der Waals surface area contributed by atoms with Crippen LogP contribution in [0.1, 0.15) is 29.0 Å². The molecule has 2 heterocycles. The van der Waals surface area contributed by atoms with Gasteiger partial charge in [-0.3, -0.25) is 0 Å². The lowest BCUT2D eigenvalue weighted by Crippen LogP contribution is -2.25. The summed E-state index contributed by atoms with van der Waals surface area (Å²) in [5, 5.41) is 7.91. The molecule has 7 nitrogen and oxygen atoms in total. The molecule has 1 aromatic rings. The van der Waals surface area contributed by atoms with Crippen LogP contribution in [0.5, 0.6) is 0 Å². The van der Waals surface area contributed by atoms with Crippen molar-refractivity contribution in [3.63, 3.8) is 0 Å². The van der Waals surface area contributed by atoms with Gasteiger partial charge < -0.3 is 14.4 Å². The Hall–Kier alpha value is -1.47. The van der Waals surface area contributed by atoms with E-state index in [-0.39, 0.29) is 5.69 Å². The largest absolute Gasteiger partial charge is 0.464 e. The molecule has 0 aromatic carbocycles. The number of aromatic nitrogens is 3. The van der Waals surface area contributed by atoms with Crippen LogP contribution in [0.15, 0.2) is 0 Å². The maximum absolute atomic E-state index is 11.6. The number of carbonyl (C=O) groups excluding carboxylic acids is 1. The number of hydrogen-bond donors (Lipinski definition) is 0. The number of hydrogen-bond acceptors (Lipinski definition) is 6. The van der Waals surface area contributed by atoms with Crippen LogP contribution in [0.2, 0.25) is 0 Å². The maximum atomic E-state index is 11.6. The molecular weight excluding hydrogens is 248 g/mol. The van der Waals surface area contributed by atoms with Crippen LogP contribution in [-0.4, -0.2) is 59.7 Å². The van der Waals surface area contributed by atoms with E-state index < -0.39 is 5.97 Å². The van der Waals surface area contributed by atoms with Crippen molar-refractivity contribution in [2.45, 2.75) is 26.0 Å². The fraction of sp³-hybridized carbons (Fsp3) is 0.750. The van der Waals surface area contributed by atoms with Crippen molar-refractivity contribution in [2.24, 2.45) is 0 Å². The molecule has 0 atom stereocenters. The van der Waals surface area contributed by atoms with Crippen LogP contribution in [0.3, 0.4) is 0 Å². The molecule has 0 saturated carbocycles. The van der Waals surface area contributed by atoms with Crippen LogP contribution in [0.4, 0.5) is 0 Å². The van der Waals surface area contributed by atoms with Gasteiger partial charge in [0.05, 0.1) is 26.0 Å². The summed E-state index contributed by atoms with van der Waals surface area (Å²) in [7, 11) is 2.92. The standard InChI is InChI=1S/C12H20N4O3/c1-18-9-10-11(12(17)19-2)13-14-16(10)8-7-15-5-3-4-6-15/h3-9H2,1-2H3. The van der Waals surface area contributed by atoms with Gasteiger partial charge in [-0.1, -0.05) is 5.21 Å². The number of methoxy groups -OCH3 is 2. The molecule has 0 N–H and O–H groups in total. The molecule has 19 heavy (non-hydrogen) atoms. The van der Waals surface area contributed by atoms with Crippen LogP contribution in [0.25, 0.3) is 0 Å². The summed E-state index contributed by atoms with van der Waals surface area (Å²) in [5.41, 5.74) is 0.916. The van der Waals surface area contributed by atoms with Gasteiger partial charge in [-0.05, 0) is 25.9 Å². The minimum atomic E-state index is -0.473. The number of likely N-dealkylation sites (tertiary alicyclic amines) is 1. The molecular formula is C12H20N4O3. The van der Waals surface area contributed by atoms with E-state index in [0.717, 1.165) is 19.6 Å². The zero-order valence-electron chi connectivity index (χ0n) is 11.5. The van der Waals surface area contributed by atoms with Gasteiger partial charge in [0.2, 0.25) is 0 Å². The minimum absolute atomic E-state index is 0.241. The van der Waals surface area contributed by atoms with Gasteiger partial charge >= 0.3 is 5.97 Å². The highest BCUT2D eigenvalue weighted by Gasteiger charge is 2.20. The molecule has 2 rings (SSSR count). The SMILES string of the molecule is COCc1c(C(=O)OC)nnn1CCN1CCCC1. The summed E-state index contributed by atoms with van der Waals surface area (Å²) in [6.45, 7) is 4.21. The first-order chi connectivity index (χ1) is 9.26. The molecule has 1 saturated heterocycles. The molecule has 1 aromatic heterocycles. The van der Waals surface area contributed by atoms with Gasteiger partial charge in [0.1, 0.15) is 0 Å². The second-order valence-electron chi connectivity index (χ2n) is 4.58. The second-order valence-corrected chi connectivity index (χ2v) is 4.58. The van der Waals surface area contributed by atoms with Gasteiger partial charge in [-0.15, -0.1) is 5.10 Å². The van der Waals surface area contributed by atoms with E-state index in [2.05, 4.69) is 15.2 Å². The normalized spacial score (nSPS) is 15.9. The van der Waals surface area contributed by atoms with Gasteiger partial charge in [-0.25, -0.2) is 9.48 Å². The van der Waals surface area contributed by atoms with Crippen molar-refractivity contribution in [3.8, 4) is 0 Å². The highest BCUT2D eigenvalue weighted by molar-refractivity contribution is 5.88. The molecule has 1 aliphatic rings. The van der Waals surface area contributed by atoms with Gasteiger partial charge in [0.15, 0.2) is 5.69 Å². The summed E-state index contributed by atoms with van der Waals surface area (Å²) in [6, 6.07) is 0. The third kappa shape index (κ3) is 3.30. The fourth-order valence-electron chi connectivity index (χ4n) is 2.29.